The molecule has 0 fully saturated rings. The van der Waals surface area contributed by atoms with Crippen molar-refractivity contribution in [2.45, 2.75) is 0 Å². The van der Waals surface area contributed by atoms with Crippen LogP contribution >= 0.6 is 27.5 Å². The first-order chi connectivity index (χ1) is 9.51. The Morgan fingerprint density at radius 1 is 1.40 bits per heavy atom. The Balaban J connectivity index is 2.50. The minimum absolute atomic E-state index is 0.0166. The maximum absolute atomic E-state index is 11.0. The number of nitrogens with zero attached hydrogens (tertiary/aromatic N) is 3. The molecule has 0 aliphatic rings. The largest absolute Gasteiger partial charge is 0.333 e. The average molecular weight is 354 g/mol. The summed E-state index contributed by atoms with van der Waals surface area (Å²) in [5.74, 6) is -0.0166. The normalized spacial score (nSPS) is 9.85. The van der Waals surface area contributed by atoms with Crippen LogP contribution in [-0.4, -0.2) is 9.91 Å². The van der Waals surface area contributed by atoms with Gasteiger partial charge in [0, 0.05) is 10.5 Å². The van der Waals surface area contributed by atoms with E-state index < -0.39 is 4.92 Å². The molecule has 0 aliphatic carbocycles. The smallest absolute Gasteiger partial charge is 0.311 e. The van der Waals surface area contributed by atoms with Gasteiger partial charge in [0.05, 0.1) is 16.2 Å². The highest BCUT2D eigenvalue weighted by atomic mass is 79.9. The summed E-state index contributed by atoms with van der Waals surface area (Å²) in [6.45, 7) is 0. The Bertz CT molecular complexity index is 730. The second-order valence-corrected chi connectivity index (χ2v) is 4.99. The van der Waals surface area contributed by atoms with Gasteiger partial charge in [-0.2, -0.15) is 5.26 Å². The number of halogens is 2. The van der Waals surface area contributed by atoms with Crippen molar-refractivity contribution in [2.75, 3.05) is 5.32 Å². The molecule has 0 spiro atoms. The molecule has 0 saturated heterocycles. The van der Waals surface area contributed by atoms with E-state index in [9.17, 15) is 10.1 Å². The van der Waals surface area contributed by atoms with Gasteiger partial charge in [0.25, 0.3) is 0 Å². The van der Waals surface area contributed by atoms with Crippen LogP contribution in [0.4, 0.5) is 17.2 Å². The van der Waals surface area contributed by atoms with Crippen LogP contribution in [0.25, 0.3) is 0 Å². The third kappa shape index (κ3) is 3.04. The second kappa shape index (κ2) is 5.86. The molecular formula is C12H6BrClN4O2. The Morgan fingerprint density at radius 3 is 2.80 bits per heavy atom. The highest BCUT2D eigenvalue weighted by molar-refractivity contribution is 9.10. The average Bonchev–Trinajstić information content (AvgIpc) is 2.38. The predicted molar refractivity (Wildman–Crippen MR) is 78.0 cm³/mol. The van der Waals surface area contributed by atoms with E-state index >= 15 is 0 Å². The lowest BCUT2D eigenvalue weighted by molar-refractivity contribution is -0.384. The van der Waals surface area contributed by atoms with E-state index in [1.54, 1.807) is 18.2 Å². The lowest BCUT2D eigenvalue weighted by Crippen LogP contribution is -2.01. The molecule has 20 heavy (non-hydrogen) atoms. The first-order valence-corrected chi connectivity index (χ1v) is 6.46. The quantitative estimate of drug-likeness (QED) is 0.511. The molecule has 0 radical (unpaired) electrons. The molecule has 100 valence electrons. The van der Waals surface area contributed by atoms with Gasteiger partial charge in [0.15, 0.2) is 0 Å². The summed E-state index contributed by atoms with van der Waals surface area (Å²) in [5, 5.41) is 22.9. The van der Waals surface area contributed by atoms with Crippen LogP contribution in [0.1, 0.15) is 5.56 Å². The molecule has 0 unspecified atom stereocenters. The van der Waals surface area contributed by atoms with Crippen molar-refractivity contribution in [1.82, 2.24) is 4.98 Å². The highest BCUT2D eigenvalue weighted by Crippen LogP contribution is 2.30. The number of pyridine rings is 1. The number of hydrogen-bond donors (Lipinski definition) is 1. The molecule has 6 nitrogen and oxygen atoms in total. The SMILES string of the molecule is N#Cc1ccc(Br)cc1Nc1nc(Cl)ccc1[N+](=O)[O-]. The first kappa shape index (κ1) is 14.2. The number of nitro groups is 1. The van der Waals surface area contributed by atoms with Crippen molar-refractivity contribution in [3.63, 3.8) is 0 Å². The van der Waals surface area contributed by atoms with E-state index in [2.05, 4.69) is 26.2 Å². The Hall–Kier alpha value is -2.17. The van der Waals surface area contributed by atoms with Gasteiger partial charge in [-0.15, -0.1) is 0 Å². The minimum atomic E-state index is -0.574. The van der Waals surface area contributed by atoms with Crippen molar-refractivity contribution in [1.29, 1.82) is 5.26 Å². The molecule has 1 aromatic carbocycles. The summed E-state index contributed by atoms with van der Waals surface area (Å²) in [6.07, 6.45) is 0. The van der Waals surface area contributed by atoms with Crippen molar-refractivity contribution in [3.8, 4) is 6.07 Å². The highest BCUT2D eigenvalue weighted by Gasteiger charge is 2.17. The lowest BCUT2D eigenvalue weighted by atomic mass is 10.2. The van der Waals surface area contributed by atoms with Crippen molar-refractivity contribution < 1.29 is 4.92 Å². The number of nitriles is 1. The summed E-state index contributed by atoms with van der Waals surface area (Å²) in [7, 11) is 0. The van der Waals surface area contributed by atoms with Crippen molar-refractivity contribution in [2.24, 2.45) is 0 Å². The van der Waals surface area contributed by atoms with Crippen LogP contribution in [0.3, 0.4) is 0 Å². The monoisotopic (exact) mass is 352 g/mol. The minimum Gasteiger partial charge on any atom is -0.333 e. The second-order valence-electron chi connectivity index (χ2n) is 3.69. The molecular weight excluding hydrogens is 348 g/mol. The van der Waals surface area contributed by atoms with Gasteiger partial charge in [-0.05, 0) is 24.3 Å². The van der Waals surface area contributed by atoms with Gasteiger partial charge in [0.2, 0.25) is 5.82 Å². The maximum Gasteiger partial charge on any atom is 0.311 e. The molecule has 2 rings (SSSR count). The van der Waals surface area contributed by atoms with Gasteiger partial charge in [0.1, 0.15) is 11.2 Å². The fourth-order valence-corrected chi connectivity index (χ4v) is 2.02. The standard InChI is InChI=1S/C12H6BrClN4O2/c13-8-2-1-7(6-15)9(5-8)16-12-10(18(19)20)3-4-11(14)17-12/h1-5H,(H,16,17). The summed E-state index contributed by atoms with van der Waals surface area (Å²) in [5.41, 5.74) is 0.516. The molecule has 1 heterocycles. The molecule has 0 amide bonds. The molecule has 0 bridgehead atoms. The first-order valence-electron chi connectivity index (χ1n) is 5.29. The third-order valence-corrected chi connectivity index (χ3v) is 3.10. The van der Waals surface area contributed by atoms with Crippen LogP contribution in [0.15, 0.2) is 34.8 Å². The predicted octanol–water partition coefficient (Wildman–Crippen LogP) is 4.02. The van der Waals surface area contributed by atoms with E-state index in [4.69, 9.17) is 16.9 Å². The summed E-state index contributed by atoms with van der Waals surface area (Å²) in [4.78, 5) is 14.3. The lowest BCUT2D eigenvalue weighted by Gasteiger charge is -2.08. The topological polar surface area (TPSA) is 91.8 Å². The van der Waals surface area contributed by atoms with Gasteiger partial charge in [-0.1, -0.05) is 27.5 Å². The molecule has 1 N–H and O–H groups in total. The van der Waals surface area contributed by atoms with E-state index in [1.807, 2.05) is 6.07 Å². The number of anilines is 2. The van der Waals surface area contributed by atoms with E-state index in [-0.39, 0.29) is 16.7 Å². The van der Waals surface area contributed by atoms with Crippen LogP contribution in [0.5, 0.6) is 0 Å². The van der Waals surface area contributed by atoms with Gasteiger partial charge < -0.3 is 5.32 Å². The van der Waals surface area contributed by atoms with Crippen molar-refractivity contribution >= 4 is 44.7 Å². The molecule has 2 aromatic rings. The molecule has 8 heteroatoms. The van der Waals surface area contributed by atoms with Crippen LogP contribution in [-0.2, 0) is 0 Å². The van der Waals surface area contributed by atoms with Gasteiger partial charge in [-0.3, -0.25) is 10.1 Å². The number of rotatable bonds is 3. The number of benzene rings is 1. The molecule has 0 atom stereocenters. The number of hydrogen-bond acceptors (Lipinski definition) is 5. The van der Waals surface area contributed by atoms with E-state index in [1.165, 1.54) is 12.1 Å². The van der Waals surface area contributed by atoms with E-state index in [0.717, 1.165) is 4.47 Å². The molecule has 0 saturated carbocycles. The van der Waals surface area contributed by atoms with Crippen LogP contribution in [0, 0.1) is 21.4 Å². The number of nitrogens with one attached hydrogen (secondary N) is 1. The fraction of sp³-hybridized carbons (Fsp3) is 0. The summed E-state index contributed by atoms with van der Waals surface area (Å²) >= 11 is 9.02. The molecule has 0 aliphatic heterocycles. The Morgan fingerprint density at radius 2 is 2.15 bits per heavy atom. The van der Waals surface area contributed by atoms with Crippen LogP contribution < -0.4 is 5.32 Å². The summed E-state index contributed by atoms with van der Waals surface area (Å²) in [6, 6.07) is 9.49. The summed E-state index contributed by atoms with van der Waals surface area (Å²) < 4.78 is 0.726. The fourth-order valence-electron chi connectivity index (χ4n) is 1.51. The molecule has 1 aromatic heterocycles. The Labute approximate surface area is 127 Å². The third-order valence-electron chi connectivity index (χ3n) is 2.39. The zero-order valence-corrected chi connectivity index (χ0v) is 12.1. The van der Waals surface area contributed by atoms with Gasteiger partial charge >= 0.3 is 5.69 Å². The number of aromatic nitrogens is 1. The van der Waals surface area contributed by atoms with Gasteiger partial charge in [-0.25, -0.2) is 4.98 Å². The van der Waals surface area contributed by atoms with Crippen molar-refractivity contribution in [3.05, 3.63) is 55.6 Å². The zero-order valence-electron chi connectivity index (χ0n) is 9.80. The maximum atomic E-state index is 11.0. The zero-order chi connectivity index (χ0) is 14.7. The van der Waals surface area contributed by atoms with E-state index in [0.29, 0.717) is 11.3 Å². The van der Waals surface area contributed by atoms with Crippen LogP contribution in [0.2, 0.25) is 5.15 Å². The Kier molecular flexibility index (Phi) is 4.17.